The van der Waals surface area contributed by atoms with E-state index in [4.69, 9.17) is 27.4 Å². The predicted molar refractivity (Wildman–Crippen MR) is 176 cm³/mol. The summed E-state index contributed by atoms with van der Waals surface area (Å²) in [6.45, 7) is 2.45. The number of hydrogen-bond acceptors (Lipinski definition) is 7. The van der Waals surface area contributed by atoms with Gasteiger partial charge in [-0.15, -0.1) is 0 Å². The summed E-state index contributed by atoms with van der Waals surface area (Å²) in [4.78, 5) is 42.1. The third-order valence-electron chi connectivity index (χ3n) is 6.66. The molecule has 10 heteroatoms. The number of hydrogen-bond donors (Lipinski definition) is 6. The van der Waals surface area contributed by atoms with E-state index in [1.54, 1.807) is 24.3 Å². The number of nitrogens with one attached hydrogen (secondary N) is 1. The summed E-state index contributed by atoms with van der Waals surface area (Å²) in [6, 6.07) is 20.2. The first-order chi connectivity index (χ1) is 21.1. The summed E-state index contributed by atoms with van der Waals surface area (Å²) >= 11 is 0. The Morgan fingerprint density at radius 1 is 0.955 bits per heavy atom. The Morgan fingerprint density at radius 2 is 1.59 bits per heavy atom. The van der Waals surface area contributed by atoms with Crippen LogP contribution in [-0.4, -0.2) is 53.0 Å². The molecule has 3 aromatic rings. The van der Waals surface area contributed by atoms with Crippen molar-refractivity contribution in [2.45, 2.75) is 83.2 Å². The van der Waals surface area contributed by atoms with Crippen LogP contribution in [0.5, 0.6) is 0 Å². The van der Waals surface area contributed by atoms with Gasteiger partial charge in [-0.25, -0.2) is 0 Å². The second-order valence-electron chi connectivity index (χ2n) is 10.6. The van der Waals surface area contributed by atoms with Gasteiger partial charge in [-0.2, -0.15) is 0 Å². The van der Waals surface area contributed by atoms with Crippen molar-refractivity contribution in [3.63, 3.8) is 0 Å². The molecule has 0 heterocycles. The molecule has 3 aromatic carbocycles. The van der Waals surface area contributed by atoms with Gasteiger partial charge in [0, 0.05) is 23.7 Å². The standard InChI is InChI=1S/C12H10O2.C11H13NO2.C6H13N.C5H12N2O2/c13-12(14)8-9-5-6-10-3-1-2-4-11(10)7-9;1-2-3-11(14)12-10-6-4-9(8-13)5-7-10;7-6-4-2-1-3-5-6;6-3-1-2-4(7)5(8)9/h1-7H,8H2,(H,13,14);4-8H,2-3H2,1H3,(H,12,14);6H,1-5,7H2;4H,1-3,6-7H2,(H,8,9)/t;;;4-/m...0/s1. The number of anilines is 1. The van der Waals surface area contributed by atoms with E-state index in [2.05, 4.69) is 5.32 Å². The Kier molecular flexibility index (Phi) is 19.3. The van der Waals surface area contributed by atoms with Gasteiger partial charge in [0.2, 0.25) is 5.91 Å². The minimum atomic E-state index is -0.955. The maximum Gasteiger partial charge on any atom is 0.320 e. The third-order valence-corrected chi connectivity index (χ3v) is 6.66. The number of fused-ring (bicyclic) bond motifs is 1. The number of rotatable bonds is 10. The lowest BCUT2D eigenvalue weighted by Crippen LogP contribution is -2.30. The van der Waals surface area contributed by atoms with Crippen molar-refractivity contribution >= 4 is 40.6 Å². The van der Waals surface area contributed by atoms with E-state index in [1.807, 2.05) is 49.4 Å². The topological polar surface area (TPSA) is 199 Å². The SMILES string of the molecule is CCCC(=O)Nc1ccc(C=O)cc1.NC1CCCCC1.NCCC[C@H](N)C(=O)O.O=C(O)Cc1ccc2ccccc2c1. The van der Waals surface area contributed by atoms with E-state index in [9.17, 15) is 19.2 Å². The fourth-order valence-corrected chi connectivity index (χ4v) is 4.21. The lowest BCUT2D eigenvalue weighted by Gasteiger charge is -2.15. The molecule has 0 aliphatic heterocycles. The molecule has 0 bridgehead atoms. The van der Waals surface area contributed by atoms with Crippen LogP contribution in [0.15, 0.2) is 66.7 Å². The zero-order chi connectivity index (χ0) is 32.7. The highest BCUT2D eigenvalue weighted by Crippen LogP contribution is 2.16. The Balaban J connectivity index is 0.000000305. The van der Waals surface area contributed by atoms with Gasteiger partial charge >= 0.3 is 11.9 Å². The molecule has 4 rings (SSSR count). The summed E-state index contributed by atoms with van der Waals surface area (Å²) < 4.78 is 0. The van der Waals surface area contributed by atoms with Gasteiger partial charge < -0.3 is 32.7 Å². The molecule has 1 amide bonds. The first-order valence-electron chi connectivity index (χ1n) is 15.1. The summed E-state index contributed by atoms with van der Waals surface area (Å²) in [6.07, 6.45) is 10.0. The largest absolute Gasteiger partial charge is 0.481 e. The first kappa shape index (κ1) is 37.9. The Bertz CT molecular complexity index is 1280. The Labute approximate surface area is 260 Å². The van der Waals surface area contributed by atoms with Gasteiger partial charge in [0.1, 0.15) is 12.3 Å². The van der Waals surface area contributed by atoms with Gasteiger partial charge in [-0.1, -0.05) is 68.7 Å². The monoisotopic (exact) mass is 608 g/mol. The number of carbonyl (C=O) groups excluding carboxylic acids is 2. The number of aldehydes is 1. The van der Waals surface area contributed by atoms with Crippen molar-refractivity contribution in [2.24, 2.45) is 17.2 Å². The quantitative estimate of drug-likeness (QED) is 0.169. The fraction of sp³-hybridized carbons (Fsp3) is 0.412. The van der Waals surface area contributed by atoms with Crippen LogP contribution in [-0.2, 0) is 20.8 Å². The van der Waals surface area contributed by atoms with Crippen molar-refractivity contribution in [1.29, 1.82) is 0 Å². The number of carboxylic acid groups (broad SMARTS) is 2. The van der Waals surface area contributed by atoms with Crippen LogP contribution in [0.1, 0.15) is 80.6 Å². The predicted octanol–water partition coefficient (Wildman–Crippen LogP) is 5.12. The van der Waals surface area contributed by atoms with Crippen LogP contribution in [0, 0.1) is 0 Å². The maximum absolute atomic E-state index is 11.2. The minimum absolute atomic E-state index is 0.00588. The van der Waals surface area contributed by atoms with E-state index >= 15 is 0 Å². The highest BCUT2D eigenvalue weighted by atomic mass is 16.4. The molecule has 0 saturated heterocycles. The number of carbonyl (C=O) groups is 4. The summed E-state index contributed by atoms with van der Waals surface area (Å²) in [5, 5.41) is 21.9. The van der Waals surface area contributed by atoms with Crippen LogP contribution in [0.3, 0.4) is 0 Å². The van der Waals surface area contributed by atoms with Crippen LogP contribution in [0.2, 0.25) is 0 Å². The first-order valence-corrected chi connectivity index (χ1v) is 15.1. The summed E-state index contributed by atoms with van der Waals surface area (Å²) in [5.41, 5.74) is 18.1. The smallest absolute Gasteiger partial charge is 0.320 e. The lowest BCUT2D eigenvalue weighted by atomic mass is 9.97. The second kappa shape index (κ2) is 22.4. The highest BCUT2D eigenvalue weighted by molar-refractivity contribution is 5.91. The third kappa shape index (κ3) is 17.1. The fourth-order valence-electron chi connectivity index (χ4n) is 4.21. The van der Waals surface area contributed by atoms with Crippen molar-refractivity contribution in [2.75, 3.05) is 11.9 Å². The van der Waals surface area contributed by atoms with E-state index in [-0.39, 0.29) is 12.3 Å². The van der Waals surface area contributed by atoms with Crippen LogP contribution in [0.4, 0.5) is 5.69 Å². The molecule has 1 fully saturated rings. The summed E-state index contributed by atoms with van der Waals surface area (Å²) in [7, 11) is 0. The van der Waals surface area contributed by atoms with Gasteiger partial charge in [-0.3, -0.25) is 19.2 Å². The molecule has 1 aliphatic carbocycles. The number of carboxylic acids is 2. The lowest BCUT2D eigenvalue weighted by molar-refractivity contribution is -0.139. The average Bonchev–Trinajstić information content (AvgIpc) is 3.01. The number of benzene rings is 3. The molecule has 0 unspecified atom stereocenters. The molecule has 0 aromatic heterocycles. The molecule has 44 heavy (non-hydrogen) atoms. The number of nitrogens with two attached hydrogens (primary N) is 3. The zero-order valence-electron chi connectivity index (χ0n) is 25.6. The zero-order valence-corrected chi connectivity index (χ0v) is 25.6. The molecule has 0 radical (unpaired) electrons. The van der Waals surface area contributed by atoms with Gasteiger partial charge in [0.15, 0.2) is 0 Å². The van der Waals surface area contributed by atoms with E-state index in [0.717, 1.165) is 34.7 Å². The van der Waals surface area contributed by atoms with E-state index < -0.39 is 18.0 Å². The molecule has 240 valence electrons. The minimum Gasteiger partial charge on any atom is -0.481 e. The van der Waals surface area contributed by atoms with Crippen LogP contribution in [0.25, 0.3) is 10.8 Å². The molecule has 1 aliphatic rings. The van der Waals surface area contributed by atoms with Gasteiger partial charge in [0.05, 0.1) is 6.42 Å². The molecule has 1 atom stereocenters. The number of amides is 1. The molecular formula is C34H48N4O6. The highest BCUT2D eigenvalue weighted by Gasteiger charge is 2.09. The van der Waals surface area contributed by atoms with Gasteiger partial charge in [-0.05, 0) is 79.3 Å². The molecule has 0 spiro atoms. The summed E-state index contributed by atoms with van der Waals surface area (Å²) in [5.74, 6) is -1.74. The maximum atomic E-state index is 11.2. The number of aliphatic carboxylic acids is 2. The van der Waals surface area contributed by atoms with Crippen molar-refractivity contribution in [3.8, 4) is 0 Å². The molecule has 9 N–H and O–H groups in total. The van der Waals surface area contributed by atoms with Crippen molar-refractivity contribution in [1.82, 2.24) is 0 Å². The van der Waals surface area contributed by atoms with Gasteiger partial charge in [0.25, 0.3) is 0 Å². The average molecular weight is 609 g/mol. The normalized spacial score (nSPS) is 13.0. The van der Waals surface area contributed by atoms with E-state index in [1.165, 1.54) is 32.1 Å². The van der Waals surface area contributed by atoms with Crippen LogP contribution >= 0.6 is 0 Å². The van der Waals surface area contributed by atoms with Crippen molar-refractivity contribution in [3.05, 3.63) is 77.9 Å². The Morgan fingerprint density at radius 3 is 2.09 bits per heavy atom. The second-order valence-corrected chi connectivity index (χ2v) is 10.6. The molecular weight excluding hydrogens is 560 g/mol. The molecule has 10 nitrogen and oxygen atoms in total. The molecule has 1 saturated carbocycles. The van der Waals surface area contributed by atoms with Crippen molar-refractivity contribution < 1.29 is 29.4 Å². The van der Waals surface area contributed by atoms with Crippen LogP contribution < -0.4 is 22.5 Å². The Hall–Kier alpha value is -4.12. The van der Waals surface area contributed by atoms with E-state index in [0.29, 0.717) is 37.4 Å².